The van der Waals surface area contributed by atoms with Crippen LogP contribution in [0.1, 0.15) is 58.3 Å². The molecule has 6 heteroatoms. The summed E-state index contributed by atoms with van der Waals surface area (Å²) in [5.74, 6) is 2.84. The molecule has 1 heterocycles. The minimum Gasteiger partial charge on any atom is -0.492 e. The standard InChI is InChI=1S/C34H44O5Si/c1-24(19-25(2)30-20-27-21-31(37-23-35-7)33(36-8)26(3)32(27)39-30)22-38-40(34(4,5)6,28-15-11-9-12-16-28)29-17-13-10-14-18-29/h9-18,20-21,24-25H,19,22-23H2,1-8H3/t24-,25-/m0/s1. The van der Waals surface area contributed by atoms with Crippen molar-refractivity contribution < 1.29 is 23.1 Å². The van der Waals surface area contributed by atoms with Crippen LogP contribution in [0.5, 0.6) is 11.5 Å². The highest BCUT2D eigenvalue weighted by molar-refractivity contribution is 6.99. The molecule has 2 atom stereocenters. The van der Waals surface area contributed by atoms with Gasteiger partial charge in [0.15, 0.2) is 18.3 Å². The van der Waals surface area contributed by atoms with Crippen LogP contribution in [-0.2, 0) is 9.16 Å². The molecule has 0 spiro atoms. The molecule has 3 aromatic carbocycles. The van der Waals surface area contributed by atoms with Gasteiger partial charge in [0.2, 0.25) is 0 Å². The highest BCUT2D eigenvalue weighted by atomic mass is 28.4. The van der Waals surface area contributed by atoms with Crippen molar-refractivity contribution in [2.24, 2.45) is 5.92 Å². The number of furan rings is 1. The summed E-state index contributed by atoms with van der Waals surface area (Å²) in [7, 11) is 0.686. The molecular formula is C34H44O5Si. The zero-order chi connectivity index (χ0) is 28.9. The quantitative estimate of drug-likeness (QED) is 0.133. The predicted molar refractivity (Wildman–Crippen MR) is 166 cm³/mol. The van der Waals surface area contributed by atoms with Gasteiger partial charge in [0.1, 0.15) is 11.3 Å². The molecule has 0 amide bonds. The number of aryl methyl sites for hydroxylation is 1. The van der Waals surface area contributed by atoms with E-state index in [0.717, 1.165) is 28.7 Å². The van der Waals surface area contributed by atoms with E-state index in [2.05, 4.69) is 101 Å². The Labute approximate surface area is 240 Å². The summed E-state index contributed by atoms with van der Waals surface area (Å²) in [6.07, 6.45) is 0.946. The second-order valence-electron chi connectivity index (χ2n) is 11.9. The van der Waals surface area contributed by atoms with E-state index in [0.29, 0.717) is 24.0 Å². The van der Waals surface area contributed by atoms with Gasteiger partial charge in [0, 0.05) is 30.6 Å². The van der Waals surface area contributed by atoms with Crippen molar-refractivity contribution in [1.29, 1.82) is 0 Å². The predicted octanol–water partition coefficient (Wildman–Crippen LogP) is 7.44. The van der Waals surface area contributed by atoms with Gasteiger partial charge in [-0.25, -0.2) is 0 Å². The Bertz CT molecular complexity index is 1330. The monoisotopic (exact) mass is 560 g/mol. The zero-order valence-corrected chi connectivity index (χ0v) is 26.2. The molecule has 4 rings (SSSR count). The van der Waals surface area contributed by atoms with Crippen molar-refractivity contribution in [1.82, 2.24) is 0 Å². The summed E-state index contributed by atoms with van der Waals surface area (Å²) in [5.41, 5.74) is 1.76. The second kappa shape index (κ2) is 12.6. The fraction of sp³-hybridized carbons (Fsp3) is 0.412. The van der Waals surface area contributed by atoms with Crippen LogP contribution in [0.4, 0.5) is 0 Å². The van der Waals surface area contributed by atoms with Crippen LogP contribution in [0.3, 0.4) is 0 Å². The smallest absolute Gasteiger partial charge is 0.261 e. The van der Waals surface area contributed by atoms with Gasteiger partial charge in [-0.15, -0.1) is 0 Å². The van der Waals surface area contributed by atoms with Gasteiger partial charge >= 0.3 is 0 Å². The molecule has 0 aliphatic heterocycles. The van der Waals surface area contributed by atoms with Gasteiger partial charge in [0.25, 0.3) is 8.32 Å². The van der Waals surface area contributed by atoms with E-state index in [9.17, 15) is 0 Å². The van der Waals surface area contributed by atoms with E-state index in [-0.39, 0.29) is 17.7 Å². The molecule has 0 saturated heterocycles. The number of hydrogen-bond acceptors (Lipinski definition) is 5. The van der Waals surface area contributed by atoms with E-state index in [1.807, 2.05) is 13.0 Å². The number of ether oxygens (including phenoxy) is 3. The first-order chi connectivity index (χ1) is 19.1. The Balaban J connectivity index is 1.57. The fourth-order valence-corrected chi connectivity index (χ4v) is 10.6. The molecule has 214 valence electrons. The van der Waals surface area contributed by atoms with Gasteiger partial charge in [-0.05, 0) is 46.8 Å². The molecule has 0 unspecified atom stereocenters. The molecule has 0 saturated carbocycles. The Morgan fingerprint density at radius 3 is 2.00 bits per heavy atom. The first-order valence-corrected chi connectivity index (χ1v) is 16.0. The lowest BCUT2D eigenvalue weighted by molar-refractivity contribution is 0.0492. The SMILES string of the molecule is COCOc1cc2cc([C@@H](C)C[C@H](C)CO[Si](c3ccccc3)(c3ccccc3)C(C)(C)C)oc2c(C)c1OC. The molecule has 4 aromatic rings. The van der Waals surface area contributed by atoms with Crippen LogP contribution >= 0.6 is 0 Å². The fourth-order valence-electron chi connectivity index (χ4n) is 5.86. The first kappa shape index (κ1) is 29.9. The molecule has 1 aromatic heterocycles. The molecule has 0 aliphatic rings. The Morgan fingerprint density at radius 1 is 0.875 bits per heavy atom. The second-order valence-corrected chi connectivity index (χ2v) is 16.2. The van der Waals surface area contributed by atoms with Gasteiger partial charge in [0.05, 0.1) is 7.11 Å². The van der Waals surface area contributed by atoms with Crippen molar-refractivity contribution >= 4 is 29.7 Å². The van der Waals surface area contributed by atoms with Crippen LogP contribution in [0.25, 0.3) is 11.0 Å². The van der Waals surface area contributed by atoms with E-state index >= 15 is 0 Å². The van der Waals surface area contributed by atoms with Gasteiger partial charge in [-0.1, -0.05) is 95.3 Å². The van der Waals surface area contributed by atoms with Crippen molar-refractivity contribution in [2.75, 3.05) is 27.6 Å². The summed E-state index contributed by atoms with van der Waals surface area (Å²) < 4.78 is 30.1. The number of fused-ring (bicyclic) bond motifs is 1. The van der Waals surface area contributed by atoms with Gasteiger partial charge in [-0.2, -0.15) is 0 Å². The molecule has 0 N–H and O–H groups in total. The molecule has 5 nitrogen and oxygen atoms in total. The van der Waals surface area contributed by atoms with Crippen molar-refractivity contribution in [3.05, 3.63) is 84.1 Å². The maximum absolute atomic E-state index is 7.19. The van der Waals surface area contributed by atoms with E-state index in [1.54, 1.807) is 14.2 Å². The van der Waals surface area contributed by atoms with Crippen molar-refractivity contribution in [2.45, 2.75) is 58.9 Å². The van der Waals surface area contributed by atoms with Crippen molar-refractivity contribution in [3.63, 3.8) is 0 Å². The van der Waals surface area contributed by atoms with Crippen LogP contribution < -0.4 is 19.8 Å². The average molecular weight is 561 g/mol. The van der Waals surface area contributed by atoms with Crippen LogP contribution in [0, 0.1) is 12.8 Å². The van der Waals surface area contributed by atoms with Crippen molar-refractivity contribution in [3.8, 4) is 11.5 Å². The molecule has 0 aliphatic carbocycles. The van der Waals surface area contributed by atoms with Gasteiger partial charge in [-0.3, -0.25) is 0 Å². The minimum absolute atomic E-state index is 0.0427. The first-order valence-electron chi connectivity index (χ1n) is 14.1. The third-order valence-corrected chi connectivity index (χ3v) is 12.8. The van der Waals surface area contributed by atoms with E-state index in [4.69, 9.17) is 23.1 Å². The summed E-state index contributed by atoms with van der Waals surface area (Å²) in [5, 5.41) is 3.57. The highest BCUT2D eigenvalue weighted by Crippen LogP contribution is 2.41. The Morgan fingerprint density at radius 2 is 1.48 bits per heavy atom. The minimum atomic E-state index is -2.57. The number of benzene rings is 3. The summed E-state index contributed by atoms with van der Waals surface area (Å²) >= 11 is 0. The molecule has 0 bridgehead atoms. The average Bonchev–Trinajstić information content (AvgIpc) is 3.37. The van der Waals surface area contributed by atoms with Crippen LogP contribution in [0.2, 0.25) is 5.04 Å². The maximum Gasteiger partial charge on any atom is 0.261 e. The summed E-state index contributed by atoms with van der Waals surface area (Å²) in [6.45, 7) is 14.3. The van der Waals surface area contributed by atoms with Crippen LogP contribution in [-0.4, -0.2) is 35.9 Å². The number of rotatable bonds is 12. The molecule has 0 fully saturated rings. The van der Waals surface area contributed by atoms with E-state index in [1.165, 1.54) is 10.4 Å². The van der Waals surface area contributed by atoms with Gasteiger partial charge < -0.3 is 23.1 Å². The normalized spacial score (nSPS) is 13.8. The molecular weight excluding hydrogens is 516 g/mol. The highest BCUT2D eigenvalue weighted by Gasteiger charge is 2.50. The lowest BCUT2D eigenvalue weighted by Gasteiger charge is -2.43. The number of methoxy groups -OCH3 is 2. The summed E-state index contributed by atoms with van der Waals surface area (Å²) in [4.78, 5) is 0. The lowest BCUT2D eigenvalue weighted by atomic mass is 9.96. The maximum atomic E-state index is 7.19. The topological polar surface area (TPSA) is 50.1 Å². The summed E-state index contributed by atoms with van der Waals surface area (Å²) in [6, 6.07) is 25.8. The molecule has 0 radical (unpaired) electrons. The zero-order valence-electron chi connectivity index (χ0n) is 25.2. The van der Waals surface area contributed by atoms with Crippen LogP contribution in [0.15, 0.2) is 77.2 Å². The Hall–Kier alpha value is -3.06. The molecule has 40 heavy (non-hydrogen) atoms. The third-order valence-electron chi connectivity index (χ3n) is 7.75. The largest absolute Gasteiger partial charge is 0.492 e. The third kappa shape index (κ3) is 5.99. The van der Waals surface area contributed by atoms with E-state index < -0.39 is 8.32 Å². The lowest BCUT2D eigenvalue weighted by Crippen LogP contribution is -2.66. The Kier molecular flexibility index (Phi) is 9.44. The number of hydrogen-bond donors (Lipinski definition) is 0.